The molecule has 3 aromatic rings. The van der Waals surface area contributed by atoms with Crippen LogP contribution in [0.2, 0.25) is 10.0 Å². The maximum Gasteiger partial charge on any atom is 0.231 e. The summed E-state index contributed by atoms with van der Waals surface area (Å²) in [5.74, 6) is -0.130. The van der Waals surface area contributed by atoms with Gasteiger partial charge in [-0.15, -0.1) is 0 Å². The molecule has 0 saturated heterocycles. The molecule has 0 saturated carbocycles. The fraction of sp³-hybridized carbons (Fsp3) is 0. The van der Waals surface area contributed by atoms with Crippen molar-refractivity contribution in [1.82, 2.24) is 5.16 Å². The van der Waals surface area contributed by atoms with E-state index in [9.17, 15) is 4.39 Å². The second-order valence-electron chi connectivity index (χ2n) is 4.79. The van der Waals surface area contributed by atoms with Crippen LogP contribution in [0, 0.1) is 5.82 Å². The SMILES string of the molecule is Fc1ccc(NC(=S)Nc2cc(-c3ccc(Cl)cc3)no2)cc1Cl. The highest BCUT2D eigenvalue weighted by Gasteiger charge is 2.09. The van der Waals surface area contributed by atoms with Gasteiger partial charge >= 0.3 is 0 Å². The smallest absolute Gasteiger partial charge is 0.231 e. The molecule has 0 aliphatic carbocycles. The van der Waals surface area contributed by atoms with E-state index in [1.807, 2.05) is 12.1 Å². The highest BCUT2D eigenvalue weighted by Crippen LogP contribution is 2.24. The first-order valence-electron chi connectivity index (χ1n) is 6.77. The first kappa shape index (κ1) is 16.7. The molecule has 0 radical (unpaired) electrons. The van der Waals surface area contributed by atoms with Gasteiger partial charge in [0, 0.05) is 22.3 Å². The average Bonchev–Trinajstić information content (AvgIpc) is 3.00. The molecular weight excluding hydrogens is 372 g/mol. The van der Waals surface area contributed by atoms with Crippen LogP contribution in [-0.4, -0.2) is 10.3 Å². The number of thiocarbonyl (C=S) groups is 1. The minimum atomic E-state index is -0.496. The minimum Gasteiger partial charge on any atom is -0.338 e. The Bertz CT molecular complexity index is 883. The number of rotatable bonds is 3. The third-order valence-electron chi connectivity index (χ3n) is 3.06. The Morgan fingerprint density at radius 1 is 1.04 bits per heavy atom. The molecule has 0 amide bonds. The van der Waals surface area contributed by atoms with Gasteiger partial charge in [0.1, 0.15) is 11.5 Å². The fourth-order valence-corrected chi connectivity index (χ4v) is 2.46. The monoisotopic (exact) mass is 381 g/mol. The maximum atomic E-state index is 13.1. The van der Waals surface area contributed by atoms with Crippen molar-refractivity contribution in [3.05, 3.63) is 64.4 Å². The lowest BCUT2D eigenvalue weighted by molar-refractivity contribution is 0.438. The van der Waals surface area contributed by atoms with E-state index in [1.165, 1.54) is 18.2 Å². The van der Waals surface area contributed by atoms with Gasteiger partial charge in [0.25, 0.3) is 0 Å². The lowest BCUT2D eigenvalue weighted by Gasteiger charge is -2.08. The standard InChI is InChI=1S/C16H10Cl2FN3OS/c17-10-3-1-9(2-4-10)14-8-15(23-22-14)21-16(24)20-11-5-6-13(19)12(18)7-11/h1-8H,(H2,20,21,24). The number of anilines is 2. The molecule has 2 N–H and O–H groups in total. The summed E-state index contributed by atoms with van der Waals surface area (Å²) in [5, 5.41) is 10.6. The molecule has 0 aliphatic heterocycles. The first-order chi connectivity index (χ1) is 11.5. The predicted octanol–water partition coefficient (Wildman–Crippen LogP) is 5.60. The average molecular weight is 382 g/mol. The van der Waals surface area contributed by atoms with E-state index >= 15 is 0 Å². The Morgan fingerprint density at radius 2 is 1.79 bits per heavy atom. The van der Waals surface area contributed by atoms with E-state index in [2.05, 4.69) is 15.8 Å². The Balaban J connectivity index is 1.66. The van der Waals surface area contributed by atoms with E-state index in [0.717, 1.165) is 5.56 Å². The van der Waals surface area contributed by atoms with Crippen LogP contribution in [0.5, 0.6) is 0 Å². The van der Waals surface area contributed by atoms with E-state index in [0.29, 0.717) is 22.3 Å². The van der Waals surface area contributed by atoms with Crippen molar-refractivity contribution in [2.75, 3.05) is 10.6 Å². The van der Waals surface area contributed by atoms with Gasteiger partial charge in [0.15, 0.2) is 5.11 Å². The van der Waals surface area contributed by atoms with Gasteiger partial charge < -0.3 is 15.2 Å². The highest BCUT2D eigenvalue weighted by atomic mass is 35.5. The molecule has 2 aromatic carbocycles. The number of hydrogen-bond acceptors (Lipinski definition) is 3. The molecule has 0 bridgehead atoms. The molecular formula is C16H10Cl2FN3OS. The number of aromatic nitrogens is 1. The fourth-order valence-electron chi connectivity index (χ4n) is 1.94. The Kier molecular flexibility index (Phi) is 4.99. The van der Waals surface area contributed by atoms with Crippen molar-refractivity contribution in [1.29, 1.82) is 0 Å². The van der Waals surface area contributed by atoms with Crippen molar-refractivity contribution in [3.63, 3.8) is 0 Å². The quantitative estimate of drug-likeness (QED) is 0.578. The molecule has 0 unspecified atom stereocenters. The van der Waals surface area contributed by atoms with Crippen molar-refractivity contribution >= 4 is 52.1 Å². The molecule has 4 nitrogen and oxygen atoms in total. The summed E-state index contributed by atoms with van der Waals surface area (Å²) in [5.41, 5.74) is 2.05. The van der Waals surface area contributed by atoms with Crippen LogP contribution >= 0.6 is 35.4 Å². The topological polar surface area (TPSA) is 50.1 Å². The van der Waals surface area contributed by atoms with Crippen LogP contribution in [0.1, 0.15) is 0 Å². The molecule has 1 heterocycles. The summed E-state index contributed by atoms with van der Waals surface area (Å²) in [6.07, 6.45) is 0. The third-order valence-corrected chi connectivity index (χ3v) is 3.81. The van der Waals surface area contributed by atoms with Crippen molar-refractivity contribution < 1.29 is 8.91 Å². The van der Waals surface area contributed by atoms with Gasteiger partial charge in [-0.1, -0.05) is 40.5 Å². The molecule has 24 heavy (non-hydrogen) atoms. The second-order valence-corrected chi connectivity index (χ2v) is 6.04. The van der Waals surface area contributed by atoms with Crippen LogP contribution in [0.3, 0.4) is 0 Å². The minimum absolute atomic E-state index is 0.00694. The molecule has 8 heteroatoms. The van der Waals surface area contributed by atoms with Gasteiger partial charge in [-0.25, -0.2) is 4.39 Å². The zero-order valence-electron chi connectivity index (χ0n) is 12.0. The summed E-state index contributed by atoms with van der Waals surface area (Å²) in [4.78, 5) is 0. The van der Waals surface area contributed by atoms with Gasteiger partial charge in [0.05, 0.1) is 5.02 Å². The van der Waals surface area contributed by atoms with Crippen molar-refractivity contribution in [2.24, 2.45) is 0 Å². The molecule has 1 aromatic heterocycles. The molecule has 122 valence electrons. The van der Waals surface area contributed by atoms with Crippen LogP contribution in [0.15, 0.2) is 53.1 Å². The van der Waals surface area contributed by atoms with Crippen LogP contribution in [0.4, 0.5) is 16.0 Å². The van der Waals surface area contributed by atoms with E-state index in [4.69, 9.17) is 39.9 Å². The molecule has 0 fully saturated rings. The molecule has 0 spiro atoms. The normalized spacial score (nSPS) is 10.5. The zero-order chi connectivity index (χ0) is 17.1. The van der Waals surface area contributed by atoms with Gasteiger partial charge in [-0.3, -0.25) is 0 Å². The number of nitrogens with one attached hydrogen (secondary N) is 2. The van der Waals surface area contributed by atoms with Crippen LogP contribution in [-0.2, 0) is 0 Å². The molecule has 0 atom stereocenters. The Labute approximate surface area is 152 Å². The summed E-state index contributed by atoms with van der Waals surface area (Å²) in [6.45, 7) is 0. The first-order valence-corrected chi connectivity index (χ1v) is 7.93. The Morgan fingerprint density at radius 3 is 2.50 bits per heavy atom. The van der Waals surface area contributed by atoms with Crippen LogP contribution < -0.4 is 10.6 Å². The highest BCUT2D eigenvalue weighted by molar-refractivity contribution is 7.80. The van der Waals surface area contributed by atoms with Crippen molar-refractivity contribution in [2.45, 2.75) is 0 Å². The summed E-state index contributed by atoms with van der Waals surface area (Å²) in [6, 6.07) is 13.1. The van der Waals surface area contributed by atoms with E-state index in [1.54, 1.807) is 18.2 Å². The van der Waals surface area contributed by atoms with Crippen LogP contribution in [0.25, 0.3) is 11.3 Å². The van der Waals surface area contributed by atoms with Gasteiger partial charge in [0.2, 0.25) is 5.88 Å². The predicted molar refractivity (Wildman–Crippen MR) is 98.2 cm³/mol. The lowest BCUT2D eigenvalue weighted by atomic mass is 10.1. The number of benzene rings is 2. The zero-order valence-corrected chi connectivity index (χ0v) is 14.3. The number of halogens is 3. The second kappa shape index (κ2) is 7.17. The number of nitrogens with zero attached hydrogens (tertiary/aromatic N) is 1. The summed E-state index contributed by atoms with van der Waals surface area (Å²) in [7, 11) is 0. The summed E-state index contributed by atoms with van der Waals surface area (Å²) < 4.78 is 18.3. The molecule has 0 aliphatic rings. The van der Waals surface area contributed by atoms with E-state index in [-0.39, 0.29) is 10.1 Å². The molecule has 3 rings (SSSR count). The summed E-state index contributed by atoms with van der Waals surface area (Å²) >= 11 is 16.8. The van der Waals surface area contributed by atoms with Gasteiger partial charge in [-0.05, 0) is 42.5 Å². The lowest BCUT2D eigenvalue weighted by Crippen LogP contribution is -2.18. The maximum absolute atomic E-state index is 13.1. The Hall–Kier alpha value is -2.15. The largest absolute Gasteiger partial charge is 0.338 e. The van der Waals surface area contributed by atoms with E-state index < -0.39 is 5.82 Å². The van der Waals surface area contributed by atoms with Gasteiger partial charge in [-0.2, -0.15) is 0 Å². The third kappa shape index (κ3) is 4.03. The van der Waals surface area contributed by atoms with Crippen molar-refractivity contribution in [3.8, 4) is 11.3 Å². The number of hydrogen-bond donors (Lipinski definition) is 2.